The fourth-order valence-corrected chi connectivity index (χ4v) is 3.36. The lowest BCUT2D eigenvalue weighted by Crippen LogP contribution is -2.42. The molecule has 0 bridgehead atoms. The lowest BCUT2D eigenvalue weighted by Gasteiger charge is -2.08. The van der Waals surface area contributed by atoms with Crippen molar-refractivity contribution in [2.75, 3.05) is 0 Å². The molecule has 0 unspecified atom stereocenters. The second-order valence-electron chi connectivity index (χ2n) is 6.31. The topological polar surface area (TPSA) is 34.6 Å². The summed E-state index contributed by atoms with van der Waals surface area (Å²) in [5, 5.41) is 11.3. The molecule has 0 aliphatic heterocycles. The van der Waals surface area contributed by atoms with Crippen molar-refractivity contribution >= 4 is 10.8 Å². The molecule has 0 fully saturated rings. The highest BCUT2D eigenvalue weighted by Crippen LogP contribution is 2.22. The van der Waals surface area contributed by atoms with E-state index in [2.05, 4.69) is 69.6 Å². The van der Waals surface area contributed by atoms with E-state index in [0.29, 0.717) is 0 Å². The van der Waals surface area contributed by atoms with E-state index >= 15 is 0 Å². The van der Waals surface area contributed by atoms with Gasteiger partial charge in [-0.15, -0.1) is 4.68 Å². The van der Waals surface area contributed by atoms with E-state index in [4.69, 9.17) is 0 Å². The minimum Gasteiger partial charge on any atom is -0.115 e. The highest BCUT2D eigenvalue weighted by atomic mass is 15.6. The minimum absolute atomic E-state index is 0.802. The SMILES string of the molecule is c1ccc(-c2nnn(-c3ccccc3)[n+]2-c2cccc3ccccc23)cc1. The largest absolute Gasteiger partial charge is 0.337 e. The summed E-state index contributed by atoms with van der Waals surface area (Å²) in [7, 11) is 0. The second kappa shape index (κ2) is 6.50. The van der Waals surface area contributed by atoms with E-state index in [1.54, 1.807) is 0 Å². The maximum atomic E-state index is 4.52. The van der Waals surface area contributed by atoms with E-state index in [1.807, 2.05) is 53.3 Å². The van der Waals surface area contributed by atoms with Crippen LogP contribution in [-0.4, -0.2) is 15.1 Å². The van der Waals surface area contributed by atoms with Crippen LogP contribution in [0.15, 0.2) is 103 Å². The van der Waals surface area contributed by atoms with Gasteiger partial charge in [0.25, 0.3) is 0 Å². The summed E-state index contributed by atoms with van der Waals surface area (Å²) in [6.07, 6.45) is 0. The molecule has 4 nitrogen and oxygen atoms in total. The number of hydrogen-bond acceptors (Lipinski definition) is 2. The number of fused-ring (bicyclic) bond motifs is 1. The third kappa shape index (κ3) is 2.68. The molecule has 0 radical (unpaired) electrons. The average Bonchev–Trinajstić information content (AvgIpc) is 3.19. The Balaban J connectivity index is 1.85. The van der Waals surface area contributed by atoms with Gasteiger partial charge in [0.05, 0.1) is 5.56 Å². The van der Waals surface area contributed by atoms with Crippen molar-refractivity contribution in [2.45, 2.75) is 0 Å². The van der Waals surface area contributed by atoms with Gasteiger partial charge < -0.3 is 0 Å². The number of para-hydroxylation sites is 1. The summed E-state index contributed by atoms with van der Waals surface area (Å²) >= 11 is 0. The van der Waals surface area contributed by atoms with Crippen molar-refractivity contribution in [3.8, 4) is 22.8 Å². The molecule has 0 N–H and O–H groups in total. The Kier molecular flexibility index (Phi) is 3.72. The van der Waals surface area contributed by atoms with Crippen LogP contribution in [0.3, 0.4) is 0 Å². The van der Waals surface area contributed by atoms with Crippen molar-refractivity contribution in [1.82, 2.24) is 15.1 Å². The fraction of sp³-hybridized carbons (Fsp3) is 0. The van der Waals surface area contributed by atoms with Crippen molar-refractivity contribution in [1.29, 1.82) is 0 Å². The summed E-state index contributed by atoms with van der Waals surface area (Å²) in [5.41, 5.74) is 3.02. The molecule has 1 aromatic heterocycles. The van der Waals surface area contributed by atoms with Crippen molar-refractivity contribution in [3.05, 3.63) is 103 Å². The molecular formula is C23H17N4+. The molecule has 27 heavy (non-hydrogen) atoms. The monoisotopic (exact) mass is 349 g/mol. The Morgan fingerprint density at radius 2 is 1.30 bits per heavy atom. The Labute approximate surface area is 156 Å². The van der Waals surface area contributed by atoms with Crippen LogP contribution in [0.25, 0.3) is 33.5 Å². The number of aromatic nitrogens is 4. The Bertz CT molecular complexity index is 1150. The number of hydrogen-bond donors (Lipinski definition) is 0. The van der Waals surface area contributed by atoms with E-state index in [1.165, 1.54) is 5.39 Å². The maximum absolute atomic E-state index is 4.52. The molecule has 0 aliphatic carbocycles. The van der Waals surface area contributed by atoms with Gasteiger partial charge in [0.15, 0.2) is 5.21 Å². The molecule has 0 aliphatic rings. The summed E-state index contributed by atoms with van der Waals surface area (Å²) in [5.74, 6) is 0.802. The Morgan fingerprint density at radius 3 is 2.11 bits per heavy atom. The first kappa shape index (κ1) is 15.5. The van der Waals surface area contributed by atoms with E-state index in [0.717, 1.165) is 28.1 Å². The lowest BCUT2D eigenvalue weighted by atomic mass is 10.1. The van der Waals surface area contributed by atoms with E-state index in [-0.39, 0.29) is 0 Å². The smallest absolute Gasteiger partial charge is 0.115 e. The zero-order chi connectivity index (χ0) is 18.1. The van der Waals surface area contributed by atoms with Crippen LogP contribution >= 0.6 is 0 Å². The first-order valence-electron chi connectivity index (χ1n) is 8.89. The van der Waals surface area contributed by atoms with Crippen molar-refractivity contribution in [3.63, 3.8) is 0 Å². The van der Waals surface area contributed by atoms with Crippen LogP contribution in [0.5, 0.6) is 0 Å². The zero-order valence-electron chi connectivity index (χ0n) is 14.6. The minimum atomic E-state index is 0.802. The number of nitrogens with zero attached hydrogens (tertiary/aromatic N) is 4. The standard InChI is InChI=1S/C23H17N4/c1-3-11-19(12-4-1)23-24-25-27(20-14-5-2-6-15-20)26(23)22-17-9-13-18-10-7-8-16-21(18)22/h1-17H/q+1. The molecule has 5 rings (SSSR count). The summed E-state index contributed by atoms with van der Waals surface area (Å²) in [6.45, 7) is 0. The van der Waals surface area contributed by atoms with Gasteiger partial charge in [-0.3, -0.25) is 0 Å². The van der Waals surface area contributed by atoms with Gasteiger partial charge in [-0.1, -0.05) is 72.8 Å². The first-order valence-corrected chi connectivity index (χ1v) is 8.89. The van der Waals surface area contributed by atoms with Gasteiger partial charge in [0.1, 0.15) is 16.5 Å². The van der Waals surface area contributed by atoms with E-state index < -0.39 is 0 Å². The fourth-order valence-electron chi connectivity index (χ4n) is 3.36. The highest BCUT2D eigenvalue weighted by Gasteiger charge is 2.26. The van der Waals surface area contributed by atoms with Gasteiger partial charge in [-0.2, -0.15) is 0 Å². The molecule has 5 aromatic rings. The van der Waals surface area contributed by atoms with Crippen LogP contribution in [0.4, 0.5) is 0 Å². The zero-order valence-corrected chi connectivity index (χ0v) is 14.6. The first-order chi connectivity index (χ1) is 13.4. The second-order valence-corrected chi connectivity index (χ2v) is 6.31. The molecule has 1 heterocycles. The van der Waals surface area contributed by atoms with Crippen molar-refractivity contribution in [2.24, 2.45) is 0 Å². The summed E-state index contributed by atoms with van der Waals surface area (Å²) in [6, 6.07) is 34.9. The van der Waals surface area contributed by atoms with Crippen LogP contribution in [0, 0.1) is 0 Å². The molecule has 0 saturated heterocycles. The number of tetrazole rings is 1. The lowest BCUT2D eigenvalue weighted by molar-refractivity contribution is -0.668. The molecule has 0 spiro atoms. The molecule has 0 amide bonds. The van der Waals surface area contributed by atoms with Gasteiger partial charge in [-0.25, -0.2) is 0 Å². The molecule has 128 valence electrons. The van der Waals surface area contributed by atoms with Gasteiger partial charge in [0.2, 0.25) is 0 Å². The van der Waals surface area contributed by atoms with Crippen LogP contribution in [0.1, 0.15) is 0 Å². The van der Waals surface area contributed by atoms with Gasteiger partial charge >= 0.3 is 5.82 Å². The van der Waals surface area contributed by atoms with Crippen LogP contribution in [0.2, 0.25) is 0 Å². The summed E-state index contributed by atoms with van der Waals surface area (Å²) < 4.78 is 2.08. The quantitative estimate of drug-likeness (QED) is 0.454. The predicted molar refractivity (Wildman–Crippen MR) is 106 cm³/mol. The molecular weight excluding hydrogens is 332 g/mol. The number of rotatable bonds is 3. The summed E-state index contributed by atoms with van der Waals surface area (Å²) in [4.78, 5) is 1.85. The third-order valence-electron chi connectivity index (χ3n) is 4.63. The molecule has 4 heteroatoms. The van der Waals surface area contributed by atoms with Crippen LogP contribution in [-0.2, 0) is 0 Å². The number of benzene rings is 4. The predicted octanol–water partition coefficient (Wildman–Crippen LogP) is 4.36. The Hall–Kier alpha value is -3.79. The molecule has 0 saturated carbocycles. The van der Waals surface area contributed by atoms with Crippen LogP contribution < -0.4 is 4.68 Å². The normalized spacial score (nSPS) is 11.0. The van der Waals surface area contributed by atoms with E-state index in [9.17, 15) is 0 Å². The molecule has 4 aromatic carbocycles. The molecule has 0 atom stereocenters. The van der Waals surface area contributed by atoms with Gasteiger partial charge in [-0.05, 0) is 40.5 Å². The van der Waals surface area contributed by atoms with Crippen molar-refractivity contribution < 1.29 is 4.68 Å². The van der Waals surface area contributed by atoms with Gasteiger partial charge in [0, 0.05) is 5.39 Å². The Morgan fingerprint density at radius 1 is 0.630 bits per heavy atom. The average molecular weight is 349 g/mol. The highest BCUT2D eigenvalue weighted by molar-refractivity contribution is 5.88. The third-order valence-corrected chi connectivity index (χ3v) is 4.63. The maximum Gasteiger partial charge on any atom is 0.337 e.